The molecule has 1 aromatic heterocycles. The lowest BCUT2D eigenvalue weighted by atomic mass is 10.2. The summed E-state index contributed by atoms with van der Waals surface area (Å²) in [5, 5.41) is 9.22. The van der Waals surface area contributed by atoms with Crippen LogP contribution >= 0.6 is 0 Å². The van der Waals surface area contributed by atoms with Crippen molar-refractivity contribution in [1.82, 2.24) is 20.5 Å². The predicted molar refractivity (Wildman–Crippen MR) is 74.7 cm³/mol. The van der Waals surface area contributed by atoms with E-state index in [-0.39, 0.29) is 17.8 Å². The second kappa shape index (κ2) is 6.18. The number of nitrogens with one attached hydrogen (secondary N) is 2. The van der Waals surface area contributed by atoms with Crippen molar-refractivity contribution >= 4 is 5.91 Å². The number of hydrogen-bond donors (Lipinski definition) is 2. The second-order valence-corrected chi connectivity index (χ2v) is 4.74. The second-order valence-electron chi connectivity index (χ2n) is 4.74. The molecule has 0 bridgehead atoms. The molecular formula is C14H18N4O2. The number of aromatic nitrogens is 3. The molecule has 0 spiro atoms. The van der Waals surface area contributed by atoms with Crippen molar-refractivity contribution in [3.63, 3.8) is 0 Å². The molecule has 0 aliphatic rings. The summed E-state index contributed by atoms with van der Waals surface area (Å²) >= 11 is 0. The van der Waals surface area contributed by atoms with Crippen LogP contribution in [0, 0.1) is 13.8 Å². The summed E-state index contributed by atoms with van der Waals surface area (Å²) in [5.41, 5.74) is 1.18. The Bertz CT molecular complexity index is 577. The molecule has 6 heteroatoms. The SMILES string of the molecule is Cc1ccc(OCC(C)NC(=O)c2n[nH]c(C)n2)cc1. The third-order valence-electron chi connectivity index (χ3n) is 2.70. The van der Waals surface area contributed by atoms with Crippen LogP contribution in [-0.2, 0) is 0 Å². The Balaban J connectivity index is 1.82. The van der Waals surface area contributed by atoms with Crippen molar-refractivity contribution < 1.29 is 9.53 Å². The zero-order chi connectivity index (χ0) is 14.5. The first-order valence-electron chi connectivity index (χ1n) is 6.44. The minimum atomic E-state index is -0.311. The standard InChI is InChI=1S/C14H18N4O2/c1-9-4-6-12(7-5-9)20-8-10(2)15-14(19)13-16-11(3)17-18-13/h4-7,10H,8H2,1-3H3,(H,15,19)(H,16,17,18). The topological polar surface area (TPSA) is 79.9 Å². The fraction of sp³-hybridized carbons (Fsp3) is 0.357. The smallest absolute Gasteiger partial charge is 0.291 e. The van der Waals surface area contributed by atoms with Gasteiger partial charge in [0.05, 0.1) is 6.04 Å². The highest BCUT2D eigenvalue weighted by atomic mass is 16.5. The van der Waals surface area contributed by atoms with Gasteiger partial charge in [0, 0.05) is 0 Å². The highest BCUT2D eigenvalue weighted by Crippen LogP contribution is 2.11. The summed E-state index contributed by atoms with van der Waals surface area (Å²) in [4.78, 5) is 15.8. The maximum atomic E-state index is 11.8. The lowest BCUT2D eigenvalue weighted by Crippen LogP contribution is -2.37. The minimum Gasteiger partial charge on any atom is -0.491 e. The normalized spacial score (nSPS) is 11.9. The predicted octanol–water partition coefficient (Wildman–Crippen LogP) is 1.62. The summed E-state index contributed by atoms with van der Waals surface area (Å²) in [6.45, 7) is 6.02. The number of rotatable bonds is 5. The Kier molecular flexibility index (Phi) is 4.34. The van der Waals surface area contributed by atoms with Crippen LogP contribution in [0.3, 0.4) is 0 Å². The molecule has 1 unspecified atom stereocenters. The number of H-pyrrole nitrogens is 1. The van der Waals surface area contributed by atoms with Gasteiger partial charge in [0.25, 0.3) is 5.91 Å². The molecule has 1 heterocycles. The Hall–Kier alpha value is -2.37. The molecule has 1 aromatic carbocycles. The van der Waals surface area contributed by atoms with Gasteiger partial charge in [-0.25, -0.2) is 4.98 Å². The maximum absolute atomic E-state index is 11.8. The summed E-state index contributed by atoms with van der Waals surface area (Å²) in [5.74, 6) is 1.23. The van der Waals surface area contributed by atoms with Crippen molar-refractivity contribution in [2.45, 2.75) is 26.8 Å². The molecule has 2 rings (SSSR count). The molecule has 20 heavy (non-hydrogen) atoms. The van der Waals surface area contributed by atoms with Crippen LogP contribution in [0.2, 0.25) is 0 Å². The summed E-state index contributed by atoms with van der Waals surface area (Å²) < 4.78 is 5.60. The number of hydrogen-bond acceptors (Lipinski definition) is 4. The number of carbonyl (C=O) groups is 1. The van der Waals surface area contributed by atoms with E-state index in [4.69, 9.17) is 4.74 Å². The van der Waals surface area contributed by atoms with Gasteiger partial charge in [0.2, 0.25) is 5.82 Å². The molecule has 2 aromatic rings. The van der Waals surface area contributed by atoms with Gasteiger partial charge in [-0.05, 0) is 32.9 Å². The highest BCUT2D eigenvalue weighted by molar-refractivity contribution is 5.90. The molecule has 1 atom stereocenters. The van der Waals surface area contributed by atoms with E-state index in [9.17, 15) is 4.79 Å². The summed E-state index contributed by atoms with van der Waals surface area (Å²) in [7, 11) is 0. The maximum Gasteiger partial charge on any atom is 0.291 e. The summed E-state index contributed by atoms with van der Waals surface area (Å²) in [6, 6.07) is 7.64. The Labute approximate surface area is 117 Å². The van der Waals surface area contributed by atoms with Crippen molar-refractivity contribution in [2.24, 2.45) is 0 Å². The lowest BCUT2D eigenvalue weighted by Gasteiger charge is -2.14. The fourth-order valence-electron chi connectivity index (χ4n) is 1.63. The number of amides is 1. The molecule has 0 saturated heterocycles. The van der Waals surface area contributed by atoms with E-state index < -0.39 is 0 Å². The first-order valence-corrected chi connectivity index (χ1v) is 6.44. The first-order chi connectivity index (χ1) is 9.54. The van der Waals surface area contributed by atoms with Crippen molar-refractivity contribution in [2.75, 3.05) is 6.61 Å². The van der Waals surface area contributed by atoms with Gasteiger partial charge in [-0.15, -0.1) is 5.10 Å². The van der Waals surface area contributed by atoms with Crippen molar-refractivity contribution in [3.8, 4) is 5.75 Å². The fourth-order valence-corrected chi connectivity index (χ4v) is 1.63. The van der Waals surface area contributed by atoms with Crippen LogP contribution in [0.25, 0.3) is 0 Å². The van der Waals surface area contributed by atoms with Crippen LogP contribution in [-0.4, -0.2) is 33.7 Å². The van der Waals surface area contributed by atoms with E-state index in [2.05, 4.69) is 20.5 Å². The molecule has 0 radical (unpaired) electrons. The van der Waals surface area contributed by atoms with Gasteiger partial charge >= 0.3 is 0 Å². The van der Waals surface area contributed by atoms with E-state index >= 15 is 0 Å². The average Bonchev–Trinajstić information content (AvgIpc) is 2.85. The number of nitrogens with zero attached hydrogens (tertiary/aromatic N) is 2. The van der Waals surface area contributed by atoms with Gasteiger partial charge in [-0.1, -0.05) is 17.7 Å². The number of aryl methyl sites for hydroxylation is 2. The molecule has 2 N–H and O–H groups in total. The van der Waals surface area contributed by atoms with Crippen LogP contribution < -0.4 is 10.1 Å². The van der Waals surface area contributed by atoms with Gasteiger partial charge in [0.15, 0.2) is 0 Å². The summed E-state index contributed by atoms with van der Waals surface area (Å²) in [6.07, 6.45) is 0. The quantitative estimate of drug-likeness (QED) is 0.868. The van der Waals surface area contributed by atoms with Gasteiger partial charge < -0.3 is 10.1 Å². The molecule has 0 saturated carbocycles. The minimum absolute atomic E-state index is 0.136. The lowest BCUT2D eigenvalue weighted by molar-refractivity contribution is 0.0916. The molecular weight excluding hydrogens is 256 g/mol. The Morgan fingerprint density at radius 2 is 2.05 bits per heavy atom. The monoisotopic (exact) mass is 274 g/mol. The first kappa shape index (κ1) is 14.0. The third kappa shape index (κ3) is 3.81. The van der Waals surface area contributed by atoms with Crippen LogP contribution in [0.4, 0.5) is 0 Å². The van der Waals surface area contributed by atoms with E-state index in [1.165, 1.54) is 5.56 Å². The van der Waals surface area contributed by atoms with Gasteiger partial charge in [-0.3, -0.25) is 9.89 Å². The van der Waals surface area contributed by atoms with Gasteiger partial charge in [-0.2, -0.15) is 0 Å². The molecule has 106 valence electrons. The van der Waals surface area contributed by atoms with E-state index in [1.54, 1.807) is 6.92 Å². The average molecular weight is 274 g/mol. The number of ether oxygens (including phenoxy) is 1. The number of benzene rings is 1. The Morgan fingerprint density at radius 3 is 2.65 bits per heavy atom. The zero-order valence-electron chi connectivity index (χ0n) is 11.8. The van der Waals surface area contributed by atoms with Crippen molar-refractivity contribution in [1.29, 1.82) is 0 Å². The van der Waals surface area contributed by atoms with Gasteiger partial charge in [0.1, 0.15) is 18.2 Å². The molecule has 0 fully saturated rings. The molecule has 0 aliphatic carbocycles. The Morgan fingerprint density at radius 1 is 1.35 bits per heavy atom. The van der Waals surface area contributed by atoms with E-state index in [1.807, 2.05) is 38.1 Å². The number of aromatic amines is 1. The third-order valence-corrected chi connectivity index (χ3v) is 2.70. The molecule has 6 nitrogen and oxygen atoms in total. The van der Waals surface area contributed by atoms with E-state index in [0.29, 0.717) is 12.4 Å². The largest absolute Gasteiger partial charge is 0.491 e. The van der Waals surface area contributed by atoms with Crippen LogP contribution in [0.5, 0.6) is 5.75 Å². The molecule has 0 aliphatic heterocycles. The highest BCUT2D eigenvalue weighted by Gasteiger charge is 2.14. The molecule has 1 amide bonds. The van der Waals surface area contributed by atoms with Crippen LogP contribution in [0.1, 0.15) is 28.9 Å². The zero-order valence-corrected chi connectivity index (χ0v) is 11.8. The van der Waals surface area contributed by atoms with Crippen LogP contribution in [0.15, 0.2) is 24.3 Å². The van der Waals surface area contributed by atoms with E-state index in [0.717, 1.165) is 5.75 Å². The van der Waals surface area contributed by atoms with Crippen molar-refractivity contribution in [3.05, 3.63) is 41.5 Å². The number of carbonyl (C=O) groups excluding carboxylic acids is 1.